The number of carbonyl (C=O) groups is 1. The van der Waals surface area contributed by atoms with E-state index in [2.05, 4.69) is 4.98 Å². The molecule has 1 amide bonds. The van der Waals surface area contributed by atoms with E-state index >= 15 is 0 Å². The van der Waals surface area contributed by atoms with E-state index in [0.717, 1.165) is 6.07 Å². The van der Waals surface area contributed by atoms with Crippen molar-refractivity contribution in [2.75, 3.05) is 33.3 Å². The van der Waals surface area contributed by atoms with Crippen LogP contribution < -0.4 is 10.3 Å². The smallest absolute Gasteiger partial charge is 0.312 e. The largest absolute Gasteiger partial charge is 0.490 e. The zero-order valence-electron chi connectivity index (χ0n) is 20.8. The molecule has 2 heterocycles. The van der Waals surface area contributed by atoms with Crippen LogP contribution in [0.4, 0.5) is 5.69 Å². The molecule has 5 rings (SSSR count). The normalized spacial score (nSPS) is 14.3. The number of nitrogens with zero attached hydrogens (tertiary/aromatic N) is 5. The van der Waals surface area contributed by atoms with E-state index in [-0.39, 0.29) is 48.3 Å². The Balaban J connectivity index is 1.28. The zero-order chi connectivity index (χ0) is 27.7. The maximum absolute atomic E-state index is 13.1. The molecule has 12 nitrogen and oxygen atoms in total. The van der Waals surface area contributed by atoms with Crippen molar-refractivity contribution < 1.29 is 22.9 Å². The Kier molecular flexibility index (Phi) is 6.85. The first-order chi connectivity index (χ1) is 18.7. The van der Waals surface area contributed by atoms with Gasteiger partial charge in [0.15, 0.2) is 5.75 Å². The molecule has 0 aliphatic carbocycles. The summed E-state index contributed by atoms with van der Waals surface area (Å²) >= 11 is 0. The van der Waals surface area contributed by atoms with Crippen molar-refractivity contribution in [3.63, 3.8) is 0 Å². The molecule has 0 saturated carbocycles. The van der Waals surface area contributed by atoms with Crippen LogP contribution in [0, 0.1) is 10.1 Å². The molecule has 3 aromatic carbocycles. The number of rotatable bonds is 6. The molecule has 0 atom stereocenters. The minimum atomic E-state index is -4.02. The molecule has 1 fully saturated rings. The third kappa shape index (κ3) is 4.84. The van der Waals surface area contributed by atoms with Gasteiger partial charge >= 0.3 is 5.69 Å². The highest BCUT2D eigenvalue weighted by atomic mass is 32.2. The van der Waals surface area contributed by atoms with Crippen LogP contribution in [-0.4, -0.2) is 71.3 Å². The topological polar surface area (TPSA) is 145 Å². The minimum absolute atomic E-state index is 0.0319. The van der Waals surface area contributed by atoms with Gasteiger partial charge in [0, 0.05) is 37.8 Å². The summed E-state index contributed by atoms with van der Waals surface area (Å²) in [5.41, 5.74) is 0.871. The van der Waals surface area contributed by atoms with Gasteiger partial charge in [-0.1, -0.05) is 12.1 Å². The summed E-state index contributed by atoms with van der Waals surface area (Å²) in [7, 11) is -2.75. The molecule has 0 bridgehead atoms. The number of para-hydroxylation sites is 1. The maximum Gasteiger partial charge on any atom is 0.312 e. The van der Waals surface area contributed by atoms with Gasteiger partial charge in [-0.15, -0.1) is 0 Å². The Hall–Kier alpha value is -4.62. The fraction of sp³-hybridized carbons (Fsp3) is 0.192. The average molecular weight is 550 g/mol. The number of piperazine rings is 1. The molecule has 200 valence electrons. The number of sulfonamides is 1. The lowest BCUT2D eigenvalue weighted by molar-refractivity contribution is -0.386. The first-order valence-electron chi connectivity index (χ1n) is 11.9. The molecule has 1 aliphatic heterocycles. The van der Waals surface area contributed by atoms with Crippen molar-refractivity contribution in [2.45, 2.75) is 4.90 Å². The molecule has 1 aromatic heterocycles. The molecule has 0 unspecified atom stereocenters. The maximum atomic E-state index is 13.1. The molecule has 1 saturated heterocycles. The van der Waals surface area contributed by atoms with E-state index in [4.69, 9.17) is 4.74 Å². The standard InChI is InChI=1S/C26H23N5O7S/c1-38-24-11-10-20(16-23(24)31(34)35)39(36,37)29-14-12-28(13-15-29)25(32)18-6-8-19(9-7-18)30-17-27-22-5-3-2-4-21(22)26(30)33/h2-11,16-17H,12-15H2,1H3. The number of hydrogen-bond acceptors (Lipinski definition) is 8. The average Bonchev–Trinajstić information content (AvgIpc) is 2.97. The number of nitro groups is 1. The highest BCUT2D eigenvalue weighted by Crippen LogP contribution is 2.31. The highest BCUT2D eigenvalue weighted by Gasteiger charge is 2.32. The second kappa shape index (κ2) is 10.3. The molecule has 13 heteroatoms. The fourth-order valence-corrected chi connectivity index (χ4v) is 5.90. The second-order valence-corrected chi connectivity index (χ2v) is 10.7. The fourth-order valence-electron chi connectivity index (χ4n) is 4.45. The van der Waals surface area contributed by atoms with Gasteiger partial charge in [0.1, 0.15) is 6.33 Å². The van der Waals surface area contributed by atoms with E-state index in [0.29, 0.717) is 22.2 Å². The third-order valence-electron chi connectivity index (χ3n) is 6.57. The Morgan fingerprint density at radius 3 is 2.36 bits per heavy atom. The molecular formula is C26H23N5O7S. The van der Waals surface area contributed by atoms with E-state index in [1.165, 1.54) is 34.4 Å². The first kappa shape index (κ1) is 26.0. The van der Waals surface area contributed by atoms with Crippen molar-refractivity contribution in [2.24, 2.45) is 0 Å². The summed E-state index contributed by atoms with van der Waals surface area (Å²) in [6.07, 6.45) is 1.44. The Morgan fingerprint density at radius 2 is 1.69 bits per heavy atom. The summed E-state index contributed by atoms with van der Waals surface area (Å²) in [6.45, 7) is 0.354. The molecule has 39 heavy (non-hydrogen) atoms. The number of amides is 1. The van der Waals surface area contributed by atoms with E-state index in [9.17, 15) is 28.1 Å². The Bertz CT molecular complexity index is 1750. The number of aromatic nitrogens is 2. The quantitative estimate of drug-likeness (QED) is 0.263. The summed E-state index contributed by atoms with van der Waals surface area (Å²) in [5, 5.41) is 11.8. The number of fused-ring (bicyclic) bond motifs is 1. The molecule has 4 aromatic rings. The van der Waals surface area contributed by atoms with Gasteiger partial charge in [0.25, 0.3) is 11.5 Å². The van der Waals surface area contributed by atoms with Crippen molar-refractivity contribution in [1.82, 2.24) is 18.8 Å². The predicted octanol–water partition coefficient (Wildman–Crippen LogP) is 2.45. The van der Waals surface area contributed by atoms with Gasteiger partial charge in [-0.2, -0.15) is 4.31 Å². The number of hydrogen-bond donors (Lipinski definition) is 0. The van der Waals surface area contributed by atoms with Crippen molar-refractivity contribution >= 4 is 32.5 Å². The van der Waals surface area contributed by atoms with Gasteiger partial charge in [-0.3, -0.25) is 24.3 Å². The molecule has 1 aliphatic rings. The minimum Gasteiger partial charge on any atom is -0.490 e. The molecule has 0 radical (unpaired) electrons. The number of ether oxygens (including phenoxy) is 1. The van der Waals surface area contributed by atoms with Crippen LogP contribution in [0.25, 0.3) is 16.6 Å². The lowest BCUT2D eigenvalue weighted by Crippen LogP contribution is -2.50. The third-order valence-corrected chi connectivity index (χ3v) is 8.46. The van der Waals surface area contributed by atoms with Gasteiger partial charge in [0.05, 0.1) is 33.5 Å². The molecule has 0 N–H and O–H groups in total. The first-order valence-corrected chi connectivity index (χ1v) is 13.3. The van der Waals surface area contributed by atoms with Crippen molar-refractivity contribution in [1.29, 1.82) is 0 Å². The van der Waals surface area contributed by atoms with Crippen LogP contribution in [0.5, 0.6) is 5.75 Å². The predicted molar refractivity (Wildman–Crippen MR) is 142 cm³/mol. The van der Waals surface area contributed by atoms with Gasteiger partial charge in [0.2, 0.25) is 10.0 Å². The summed E-state index contributed by atoms with van der Waals surface area (Å²) < 4.78 is 33.8. The van der Waals surface area contributed by atoms with Crippen LogP contribution in [-0.2, 0) is 10.0 Å². The summed E-state index contributed by atoms with van der Waals surface area (Å²) in [5.74, 6) is -0.315. The van der Waals surface area contributed by atoms with Gasteiger partial charge in [-0.05, 0) is 48.5 Å². The number of benzene rings is 3. The van der Waals surface area contributed by atoms with Gasteiger partial charge in [-0.25, -0.2) is 13.4 Å². The van der Waals surface area contributed by atoms with E-state index in [1.807, 2.05) is 0 Å². The van der Waals surface area contributed by atoms with Crippen LogP contribution in [0.3, 0.4) is 0 Å². The Labute approximate surface area is 222 Å². The summed E-state index contributed by atoms with van der Waals surface area (Å²) in [4.78, 5) is 42.2. The van der Waals surface area contributed by atoms with Crippen LogP contribution >= 0.6 is 0 Å². The number of carbonyl (C=O) groups excluding carboxylic acids is 1. The lowest BCUT2D eigenvalue weighted by Gasteiger charge is -2.34. The molecule has 0 spiro atoms. The number of methoxy groups -OCH3 is 1. The monoisotopic (exact) mass is 549 g/mol. The van der Waals surface area contributed by atoms with Crippen molar-refractivity contribution in [3.05, 3.63) is 99.1 Å². The lowest BCUT2D eigenvalue weighted by atomic mass is 10.1. The van der Waals surface area contributed by atoms with Gasteiger partial charge < -0.3 is 9.64 Å². The SMILES string of the molecule is COc1ccc(S(=O)(=O)N2CCN(C(=O)c3ccc(-n4cnc5ccccc5c4=O)cc3)CC2)cc1[N+](=O)[O-]. The number of nitro benzene ring substituents is 1. The van der Waals surface area contributed by atoms with Crippen LogP contribution in [0.1, 0.15) is 10.4 Å². The van der Waals surface area contributed by atoms with E-state index in [1.54, 1.807) is 53.4 Å². The Morgan fingerprint density at radius 1 is 1.00 bits per heavy atom. The summed E-state index contributed by atoms with van der Waals surface area (Å²) in [6, 6.07) is 17.0. The zero-order valence-corrected chi connectivity index (χ0v) is 21.6. The second-order valence-electron chi connectivity index (χ2n) is 8.77. The molecular weight excluding hydrogens is 526 g/mol. The van der Waals surface area contributed by atoms with Crippen LogP contribution in [0.15, 0.2) is 82.7 Å². The highest BCUT2D eigenvalue weighted by molar-refractivity contribution is 7.89. The van der Waals surface area contributed by atoms with Crippen LogP contribution in [0.2, 0.25) is 0 Å². The van der Waals surface area contributed by atoms with Crippen molar-refractivity contribution in [3.8, 4) is 11.4 Å². The van der Waals surface area contributed by atoms with E-state index < -0.39 is 20.6 Å².